The molecule has 2 atom stereocenters. The smallest absolute Gasteiger partial charge is 0.326 e. The van der Waals surface area contributed by atoms with Gasteiger partial charge in [-0.1, -0.05) is 13.3 Å². The molecule has 4 amide bonds. The van der Waals surface area contributed by atoms with Crippen molar-refractivity contribution < 1.29 is 28.6 Å². The van der Waals surface area contributed by atoms with Crippen LogP contribution in [0.1, 0.15) is 63.4 Å². The molecule has 11 heteroatoms. The SMILES string of the molecule is CCCCN(CCCCN)C(=O)CN1C[C@H](c2cc(OC)c3c(c2)OCO3)C[C@@H]1CCN1C(=O)CCN(C)C1=O. The Bertz CT molecular complexity index is 1050. The molecule has 0 bridgehead atoms. The molecular formula is C29H45N5O6. The number of benzene rings is 1. The summed E-state index contributed by atoms with van der Waals surface area (Å²) < 4.78 is 16.8. The van der Waals surface area contributed by atoms with E-state index in [2.05, 4.69) is 11.8 Å². The molecule has 2 fully saturated rings. The third kappa shape index (κ3) is 6.98. The number of nitrogens with zero attached hydrogens (tertiary/aromatic N) is 4. The second kappa shape index (κ2) is 14.0. The number of carbonyl (C=O) groups is 3. The Hall–Kier alpha value is -3.05. The molecule has 222 valence electrons. The number of unbranched alkanes of at least 4 members (excludes halogenated alkanes) is 2. The van der Waals surface area contributed by atoms with E-state index in [1.807, 2.05) is 17.0 Å². The number of urea groups is 1. The highest BCUT2D eigenvalue weighted by Crippen LogP contribution is 2.45. The summed E-state index contributed by atoms with van der Waals surface area (Å²) in [4.78, 5) is 46.0. The molecule has 4 rings (SSSR count). The molecule has 3 aliphatic heterocycles. The van der Waals surface area contributed by atoms with Crippen molar-refractivity contribution in [3.05, 3.63) is 17.7 Å². The molecule has 0 radical (unpaired) electrons. The Labute approximate surface area is 237 Å². The van der Waals surface area contributed by atoms with Crippen LogP contribution in [-0.2, 0) is 9.59 Å². The summed E-state index contributed by atoms with van der Waals surface area (Å²) in [6.07, 6.45) is 5.51. The van der Waals surface area contributed by atoms with Gasteiger partial charge in [-0.3, -0.25) is 19.4 Å². The molecule has 3 heterocycles. The maximum atomic E-state index is 13.6. The standard InChI is InChI=1S/C29H45N5O6/c1-4-5-11-32(12-7-6-10-30)27(36)19-33-18-22(21-16-24(38-3)28-25(17-21)39-20-40-28)15-23(33)8-14-34-26(35)9-13-31(2)29(34)37/h16-17,22-23H,4-15,18-20,30H2,1-3H3/t22-,23+/m1/s1. The van der Waals surface area contributed by atoms with Gasteiger partial charge in [-0.2, -0.15) is 0 Å². The number of ether oxygens (including phenoxy) is 3. The predicted octanol–water partition coefficient (Wildman–Crippen LogP) is 2.62. The molecule has 40 heavy (non-hydrogen) atoms. The monoisotopic (exact) mass is 559 g/mol. The van der Waals surface area contributed by atoms with Gasteiger partial charge in [0.2, 0.25) is 24.4 Å². The Balaban J connectivity index is 1.51. The molecule has 3 aliphatic rings. The van der Waals surface area contributed by atoms with E-state index in [0.29, 0.717) is 69.4 Å². The van der Waals surface area contributed by atoms with Crippen molar-refractivity contribution in [2.75, 3.05) is 66.8 Å². The summed E-state index contributed by atoms with van der Waals surface area (Å²) >= 11 is 0. The zero-order valence-electron chi connectivity index (χ0n) is 24.2. The largest absolute Gasteiger partial charge is 0.493 e. The number of hydrogen-bond donors (Lipinski definition) is 1. The van der Waals surface area contributed by atoms with Crippen molar-refractivity contribution in [2.24, 2.45) is 5.73 Å². The van der Waals surface area contributed by atoms with Crippen molar-refractivity contribution in [3.63, 3.8) is 0 Å². The molecule has 11 nitrogen and oxygen atoms in total. The quantitative estimate of drug-likeness (QED) is 0.346. The van der Waals surface area contributed by atoms with Crippen LogP contribution in [-0.4, -0.2) is 110 Å². The van der Waals surface area contributed by atoms with Crippen LogP contribution in [0.4, 0.5) is 4.79 Å². The molecule has 0 aliphatic carbocycles. The second-order valence-electron chi connectivity index (χ2n) is 11.0. The van der Waals surface area contributed by atoms with Gasteiger partial charge in [0.25, 0.3) is 0 Å². The summed E-state index contributed by atoms with van der Waals surface area (Å²) in [5, 5.41) is 0. The number of carbonyl (C=O) groups excluding carboxylic acids is 3. The van der Waals surface area contributed by atoms with E-state index in [0.717, 1.165) is 44.2 Å². The van der Waals surface area contributed by atoms with Gasteiger partial charge >= 0.3 is 6.03 Å². The van der Waals surface area contributed by atoms with Crippen molar-refractivity contribution in [3.8, 4) is 17.2 Å². The molecule has 0 unspecified atom stereocenters. The maximum absolute atomic E-state index is 13.6. The van der Waals surface area contributed by atoms with E-state index >= 15 is 0 Å². The molecule has 2 N–H and O–H groups in total. The lowest BCUT2D eigenvalue weighted by Gasteiger charge is -2.33. The van der Waals surface area contributed by atoms with Gasteiger partial charge in [-0.05, 0) is 62.3 Å². The number of likely N-dealkylation sites (tertiary alicyclic amines) is 1. The van der Waals surface area contributed by atoms with Gasteiger partial charge < -0.3 is 29.7 Å². The lowest BCUT2D eigenvalue weighted by Crippen LogP contribution is -2.51. The first-order valence-corrected chi connectivity index (χ1v) is 14.6. The number of fused-ring (bicyclic) bond motifs is 1. The number of nitrogens with two attached hydrogens (primary N) is 1. The van der Waals surface area contributed by atoms with Crippen LogP contribution in [0.25, 0.3) is 0 Å². The minimum atomic E-state index is -0.250. The number of imide groups is 1. The van der Waals surface area contributed by atoms with Crippen LogP contribution in [0.15, 0.2) is 12.1 Å². The van der Waals surface area contributed by atoms with Gasteiger partial charge in [0, 0.05) is 52.2 Å². The molecule has 1 aromatic carbocycles. The normalized spacial score (nSPS) is 20.9. The number of methoxy groups -OCH3 is 1. The lowest BCUT2D eigenvalue weighted by molar-refractivity contribution is -0.133. The summed E-state index contributed by atoms with van der Waals surface area (Å²) in [5.41, 5.74) is 6.76. The number of amides is 4. The third-order valence-corrected chi connectivity index (χ3v) is 8.24. The van der Waals surface area contributed by atoms with E-state index < -0.39 is 0 Å². The first-order valence-electron chi connectivity index (χ1n) is 14.6. The van der Waals surface area contributed by atoms with E-state index in [1.54, 1.807) is 19.1 Å². The highest BCUT2D eigenvalue weighted by atomic mass is 16.7. The van der Waals surface area contributed by atoms with Crippen LogP contribution in [0.2, 0.25) is 0 Å². The Morgan fingerprint density at radius 1 is 1.18 bits per heavy atom. The fourth-order valence-electron chi connectivity index (χ4n) is 5.84. The Kier molecular flexibility index (Phi) is 10.5. The Morgan fingerprint density at radius 2 is 1.98 bits per heavy atom. The van der Waals surface area contributed by atoms with Gasteiger partial charge in [0.1, 0.15) is 0 Å². The van der Waals surface area contributed by atoms with Crippen LogP contribution in [0.3, 0.4) is 0 Å². The fourth-order valence-corrected chi connectivity index (χ4v) is 5.84. The van der Waals surface area contributed by atoms with Gasteiger partial charge in [0.05, 0.1) is 13.7 Å². The zero-order chi connectivity index (χ0) is 28.6. The van der Waals surface area contributed by atoms with E-state index in [9.17, 15) is 14.4 Å². The second-order valence-corrected chi connectivity index (χ2v) is 11.0. The average molecular weight is 560 g/mol. The maximum Gasteiger partial charge on any atom is 0.326 e. The zero-order valence-corrected chi connectivity index (χ0v) is 24.2. The fraction of sp³-hybridized carbons (Fsp3) is 0.690. The van der Waals surface area contributed by atoms with Crippen molar-refractivity contribution in [1.82, 2.24) is 19.6 Å². The first-order chi connectivity index (χ1) is 19.4. The minimum absolute atomic E-state index is 0.0373. The third-order valence-electron chi connectivity index (χ3n) is 8.24. The molecule has 0 saturated carbocycles. The van der Waals surface area contributed by atoms with Gasteiger partial charge in [-0.15, -0.1) is 0 Å². The van der Waals surface area contributed by atoms with E-state index in [1.165, 1.54) is 4.90 Å². The topological polar surface area (TPSA) is 118 Å². The molecule has 2 saturated heterocycles. The first kappa shape index (κ1) is 29.9. The highest BCUT2D eigenvalue weighted by Gasteiger charge is 2.38. The Morgan fingerprint density at radius 3 is 2.73 bits per heavy atom. The predicted molar refractivity (Wildman–Crippen MR) is 151 cm³/mol. The molecular weight excluding hydrogens is 514 g/mol. The number of rotatable bonds is 14. The van der Waals surface area contributed by atoms with Crippen molar-refractivity contribution >= 4 is 17.8 Å². The van der Waals surface area contributed by atoms with Gasteiger partial charge in [0.15, 0.2) is 11.5 Å². The summed E-state index contributed by atoms with van der Waals surface area (Å²) in [5.74, 6) is 2.03. The average Bonchev–Trinajstić information content (AvgIpc) is 3.59. The summed E-state index contributed by atoms with van der Waals surface area (Å²) in [6, 6.07) is 3.79. The van der Waals surface area contributed by atoms with Gasteiger partial charge in [-0.25, -0.2) is 4.79 Å². The van der Waals surface area contributed by atoms with E-state index in [4.69, 9.17) is 19.9 Å². The molecule has 0 spiro atoms. The summed E-state index contributed by atoms with van der Waals surface area (Å²) in [7, 11) is 3.34. The van der Waals surface area contributed by atoms with Crippen LogP contribution >= 0.6 is 0 Å². The van der Waals surface area contributed by atoms with Crippen molar-refractivity contribution in [1.29, 1.82) is 0 Å². The summed E-state index contributed by atoms with van der Waals surface area (Å²) in [6.45, 7) is 6.13. The minimum Gasteiger partial charge on any atom is -0.493 e. The van der Waals surface area contributed by atoms with Crippen LogP contribution < -0.4 is 19.9 Å². The van der Waals surface area contributed by atoms with Crippen LogP contribution in [0, 0.1) is 0 Å². The van der Waals surface area contributed by atoms with E-state index in [-0.39, 0.29) is 36.6 Å². The van der Waals surface area contributed by atoms with Crippen LogP contribution in [0.5, 0.6) is 17.2 Å². The lowest BCUT2D eigenvalue weighted by atomic mass is 9.94. The number of hydrogen-bond acceptors (Lipinski definition) is 8. The molecule has 1 aromatic rings. The van der Waals surface area contributed by atoms with Crippen molar-refractivity contribution in [2.45, 2.75) is 63.8 Å². The highest BCUT2D eigenvalue weighted by molar-refractivity contribution is 5.96. The molecule has 0 aromatic heterocycles.